The van der Waals surface area contributed by atoms with E-state index >= 15 is 0 Å². The molecule has 2 unspecified atom stereocenters. The quantitative estimate of drug-likeness (QED) is 0.832. The van der Waals surface area contributed by atoms with Gasteiger partial charge in [-0.1, -0.05) is 19.8 Å². The van der Waals surface area contributed by atoms with Crippen LogP contribution in [-0.4, -0.2) is 43.5 Å². The minimum atomic E-state index is -4.55. The molecule has 0 aliphatic heterocycles. The van der Waals surface area contributed by atoms with E-state index in [0.29, 0.717) is 12.5 Å². The van der Waals surface area contributed by atoms with E-state index in [4.69, 9.17) is 5.73 Å². The number of alkyl halides is 3. The molecule has 6 heteroatoms. The molecule has 0 aromatic rings. The molecule has 0 radical (unpaired) electrons. The van der Waals surface area contributed by atoms with E-state index in [9.17, 15) is 13.2 Å². The third-order valence-electron chi connectivity index (χ3n) is 3.95. The predicted octanol–water partition coefficient (Wildman–Crippen LogP) is 2.36. The lowest BCUT2D eigenvalue weighted by atomic mass is 9.75. The Morgan fingerprint density at radius 3 is 2.61 bits per heavy atom. The lowest BCUT2D eigenvalue weighted by Crippen LogP contribution is -2.55. The van der Waals surface area contributed by atoms with Crippen molar-refractivity contribution in [2.75, 3.05) is 26.7 Å². The van der Waals surface area contributed by atoms with Crippen LogP contribution in [0.3, 0.4) is 0 Å². The van der Waals surface area contributed by atoms with Crippen LogP contribution in [0, 0.1) is 5.92 Å². The summed E-state index contributed by atoms with van der Waals surface area (Å²) in [6.45, 7) is 2.57. The molecule has 2 atom stereocenters. The maximum Gasteiger partial charge on any atom is 0.522 e. The fraction of sp³-hybridized carbons (Fsp3) is 1.00. The highest BCUT2D eigenvalue weighted by atomic mass is 19.4. The van der Waals surface area contributed by atoms with E-state index in [-0.39, 0.29) is 18.7 Å². The lowest BCUT2D eigenvalue weighted by Gasteiger charge is -2.46. The minimum Gasteiger partial charge on any atom is -0.329 e. The first-order chi connectivity index (χ1) is 8.29. The molecule has 0 amide bonds. The number of nitrogens with two attached hydrogens (primary N) is 1. The van der Waals surface area contributed by atoms with E-state index in [1.807, 2.05) is 11.9 Å². The van der Waals surface area contributed by atoms with Crippen molar-refractivity contribution in [1.82, 2.24) is 4.90 Å². The molecule has 0 heterocycles. The number of hydrogen-bond donors (Lipinski definition) is 1. The lowest BCUT2D eigenvalue weighted by molar-refractivity contribution is -0.325. The summed E-state index contributed by atoms with van der Waals surface area (Å²) in [6.07, 6.45) is -0.379. The van der Waals surface area contributed by atoms with Gasteiger partial charge >= 0.3 is 6.36 Å². The molecule has 108 valence electrons. The Labute approximate surface area is 106 Å². The summed E-state index contributed by atoms with van der Waals surface area (Å²) >= 11 is 0. The van der Waals surface area contributed by atoms with Crippen LogP contribution in [0.15, 0.2) is 0 Å². The number of ether oxygens (including phenoxy) is 1. The third-order valence-corrected chi connectivity index (χ3v) is 3.95. The first-order valence-electron chi connectivity index (χ1n) is 6.41. The summed E-state index contributed by atoms with van der Waals surface area (Å²) in [5, 5.41) is 0. The summed E-state index contributed by atoms with van der Waals surface area (Å²) in [4.78, 5) is 1.94. The molecule has 2 N–H and O–H groups in total. The van der Waals surface area contributed by atoms with Crippen LogP contribution in [0.2, 0.25) is 0 Å². The van der Waals surface area contributed by atoms with Crippen molar-refractivity contribution in [2.24, 2.45) is 11.7 Å². The monoisotopic (exact) mass is 268 g/mol. The van der Waals surface area contributed by atoms with Gasteiger partial charge in [-0.3, -0.25) is 9.64 Å². The van der Waals surface area contributed by atoms with Gasteiger partial charge in [-0.15, -0.1) is 13.2 Å². The van der Waals surface area contributed by atoms with E-state index in [2.05, 4.69) is 11.7 Å². The fourth-order valence-electron chi connectivity index (χ4n) is 2.86. The van der Waals surface area contributed by atoms with E-state index in [1.54, 1.807) is 0 Å². The van der Waals surface area contributed by atoms with Crippen molar-refractivity contribution in [3.05, 3.63) is 0 Å². The largest absolute Gasteiger partial charge is 0.522 e. The zero-order valence-electron chi connectivity index (χ0n) is 11.1. The van der Waals surface area contributed by atoms with Gasteiger partial charge in [0.05, 0.1) is 6.61 Å². The summed E-state index contributed by atoms with van der Waals surface area (Å²) in [5.74, 6) is 0.577. The molecule has 0 spiro atoms. The average molecular weight is 268 g/mol. The molecule has 0 aromatic carbocycles. The highest BCUT2D eigenvalue weighted by molar-refractivity contribution is 4.94. The topological polar surface area (TPSA) is 38.5 Å². The Hall–Kier alpha value is -0.330. The summed E-state index contributed by atoms with van der Waals surface area (Å²) < 4.78 is 39.6. The standard InChI is InChI=1S/C12H23F3N2O/c1-10-4-3-5-11(8-10,9-16)17(2)6-7-18-12(13,14)15/h10H,3-9,16H2,1-2H3. The van der Waals surface area contributed by atoms with Gasteiger partial charge in [0.15, 0.2) is 0 Å². The summed E-state index contributed by atoms with van der Waals surface area (Å²) in [6, 6.07) is 0. The molecule has 0 aromatic heterocycles. The Morgan fingerprint density at radius 1 is 1.44 bits per heavy atom. The maximum atomic E-state index is 11.9. The second-order valence-electron chi connectivity index (χ2n) is 5.35. The van der Waals surface area contributed by atoms with Crippen LogP contribution < -0.4 is 5.73 Å². The van der Waals surface area contributed by atoms with Gasteiger partial charge < -0.3 is 5.73 Å². The normalized spacial score (nSPS) is 29.8. The van der Waals surface area contributed by atoms with Crippen LogP contribution in [0.1, 0.15) is 32.6 Å². The molecular formula is C12H23F3N2O. The third kappa shape index (κ3) is 4.40. The van der Waals surface area contributed by atoms with Gasteiger partial charge in [-0.2, -0.15) is 0 Å². The van der Waals surface area contributed by atoms with E-state index in [1.165, 1.54) is 6.42 Å². The van der Waals surface area contributed by atoms with Gasteiger partial charge in [0, 0.05) is 18.6 Å². The Bertz CT molecular complexity index is 260. The number of hydrogen-bond acceptors (Lipinski definition) is 3. The van der Waals surface area contributed by atoms with E-state index in [0.717, 1.165) is 19.3 Å². The Balaban J connectivity index is 2.48. The highest BCUT2D eigenvalue weighted by Gasteiger charge is 2.37. The first-order valence-corrected chi connectivity index (χ1v) is 6.41. The number of halogens is 3. The summed E-state index contributed by atoms with van der Waals surface area (Å²) in [7, 11) is 1.84. The van der Waals surface area contributed by atoms with Crippen LogP contribution in [0.4, 0.5) is 13.2 Å². The van der Waals surface area contributed by atoms with Gasteiger partial charge in [-0.05, 0) is 25.8 Å². The average Bonchev–Trinajstić information content (AvgIpc) is 2.27. The molecule has 0 saturated heterocycles. The van der Waals surface area contributed by atoms with Gasteiger partial charge in [-0.25, -0.2) is 0 Å². The molecule has 3 nitrogen and oxygen atoms in total. The van der Waals surface area contributed by atoms with Gasteiger partial charge in [0.1, 0.15) is 0 Å². The van der Waals surface area contributed by atoms with Crippen molar-refractivity contribution in [3.63, 3.8) is 0 Å². The summed E-state index contributed by atoms with van der Waals surface area (Å²) in [5.41, 5.74) is 5.69. The fourth-order valence-corrected chi connectivity index (χ4v) is 2.86. The molecule has 18 heavy (non-hydrogen) atoms. The SMILES string of the molecule is CC1CCCC(CN)(N(C)CCOC(F)(F)F)C1. The number of likely N-dealkylation sites (N-methyl/N-ethyl adjacent to an activating group) is 1. The van der Waals surface area contributed by atoms with Crippen molar-refractivity contribution in [1.29, 1.82) is 0 Å². The number of nitrogens with zero attached hydrogens (tertiary/aromatic N) is 1. The molecule has 1 aliphatic carbocycles. The molecule has 1 fully saturated rings. The van der Waals surface area contributed by atoms with E-state index < -0.39 is 6.36 Å². The highest BCUT2D eigenvalue weighted by Crippen LogP contribution is 2.35. The van der Waals surface area contributed by atoms with Crippen molar-refractivity contribution in [3.8, 4) is 0 Å². The molecular weight excluding hydrogens is 245 g/mol. The predicted molar refractivity (Wildman–Crippen MR) is 64.1 cm³/mol. The Kier molecular flexibility index (Phi) is 5.43. The molecule has 0 bridgehead atoms. The number of rotatable bonds is 5. The molecule has 1 saturated carbocycles. The van der Waals surface area contributed by atoms with Crippen molar-refractivity contribution in [2.45, 2.75) is 44.5 Å². The second kappa shape index (κ2) is 6.21. The maximum absolute atomic E-state index is 11.9. The second-order valence-corrected chi connectivity index (χ2v) is 5.35. The first kappa shape index (κ1) is 15.7. The van der Waals surface area contributed by atoms with Crippen LogP contribution in [0.25, 0.3) is 0 Å². The van der Waals surface area contributed by atoms with Gasteiger partial charge in [0.2, 0.25) is 0 Å². The zero-order chi connectivity index (χ0) is 13.8. The van der Waals surface area contributed by atoms with Crippen LogP contribution >= 0.6 is 0 Å². The Morgan fingerprint density at radius 2 is 2.11 bits per heavy atom. The minimum absolute atomic E-state index is 0.160. The van der Waals surface area contributed by atoms with Crippen LogP contribution in [-0.2, 0) is 4.74 Å². The zero-order valence-corrected chi connectivity index (χ0v) is 11.1. The van der Waals surface area contributed by atoms with Crippen LogP contribution in [0.5, 0.6) is 0 Å². The van der Waals surface area contributed by atoms with Crippen molar-refractivity contribution >= 4 is 0 Å². The molecule has 1 rings (SSSR count). The molecule has 1 aliphatic rings. The van der Waals surface area contributed by atoms with Gasteiger partial charge in [0.25, 0.3) is 0 Å². The van der Waals surface area contributed by atoms with Crippen molar-refractivity contribution < 1.29 is 17.9 Å². The smallest absolute Gasteiger partial charge is 0.329 e.